The smallest absolute Gasteiger partial charge is 0.0454 e. The third kappa shape index (κ3) is 8.09. The van der Waals surface area contributed by atoms with Gasteiger partial charge in [-0.1, -0.05) is 75.1 Å². The predicted molar refractivity (Wildman–Crippen MR) is 95.5 cm³/mol. The molecule has 0 radical (unpaired) electrons. The molecule has 0 saturated heterocycles. The number of rotatable bonds is 11. The van der Waals surface area contributed by atoms with Crippen molar-refractivity contribution in [1.29, 1.82) is 0 Å². The Bertz CT molecular complexity index is 393. The third-order valence-corrected chi connectivity index (χ3v) is 4.48. The first-order valence-electron chi connectivity index (χ1n) is 8.33. The van der Waals surface area contributed by atoms with E-state index in [0.29, 0.717) is 0 Å². The molecular weight excluding hydrogens is 301 g/mol. The lowest BCUT2D eigenvalue weighted by atomic mass is 10.1. The van der Waals surface area contributed by atoms with Gasteiger partial charge in [-0.05, 0) is 43.7 Å². The van der Waals surface area contributed by atoms with Crippen LogP contribution in [0.5, 0.6) is 0 Å². The SMILES string of the molecule is CCCCCCCCCCNC(C)c1cc(Cl)ccc1Cl. The maximum atomic E-state index is 6.22. The van der Waals surface area contributed by atoms with Crippen molar-refractivity contribution in [3.8, 4) is 0 Å². The van der Waals surface area contributed by atoms with E-state index in [2.05, 4.69) is 19.2 Å². The van der Waals surface area contributed by atoms with Crippen LogP contribution in [0.4, 0.5) is 0 Å². The number of halogens is 2. The molecule has 21 heavy (non-hydrogen) atoms. The van der Waals surface area contributed by atoms with Gasteiger partial charge in [-0.2, -0.15) is 0 Å². The van der Waals surface area contributed by atoms with Crippen LogP contribution in [0, 0.1) is 0 Å². The lowest BCUT2D eigenvalue weighted by Gasteiger charge is -2.16. The van der Waals surface area contributed by atoms with Gasteiger partial charge < -0.3 is 5.32 Å². The van der Waals surface area contributed by atoms with Crippen LogP contribution >= 0.6 is 23.2 Å². The summed E-state index contributed by atoms with van der Waals surface area (Å²) in [7, 11) is 0. The van der Waals surface area contributed by atoms with Crippen molar-refractivity contribution in [2.75, 3.05) is 6.54 Å². The molecule has 120 valence electrons. The third-order valence-electron chi connectivity index (χ3n) is 3.91. The largest absolute Gasteiger partial charge is 0.310 e. The van der Waals surface area contributed by atoms with Gasteiger partial charge in [-0.3, -0.25) is 0 Å². The Labute approximate surface area is 140 Å². The zero-order valence-electron chi connectivity index (χ0n) is 13.4. The fourth-order valence-corrected chi connectivity index (χ4v) is 3.00. The number of unbranched alkanes of at least 4 members (excludes halogenated alkanes) is 7. The van der Waals surface area contributed by atoms with Gasteiger partial charge in [0.15, 0.2) is 0 Å². The molecule has 0 aliphatic heterocycles. The van der Waals surface area contributed by atoms with Crippen molar-refractivity contribution in [2.45, 2.75) is 71.3 Å². The van der Waals surface area contributed by atoms with Gasteiger partial charge in [0.2, 0.25) is 0 Å². The molecule has 0 spiro atoms. The Morgan fingerprint density at radius 3 is 2.24 bits per heavy atom. The Kier molecular flexibility index (Phi) is 10.2. The summed E-state index contributed by atoms with van der Waals surface area (Å²) < 4.78 is 0. The van der Waals surface area contributed by atoms with Gasteiger partial charge in [0, 0.05) is 16.1 Å². The first kappa shape index (κ1) is 18.8. The molecule has 1 aromatic rings. The minimum atomic E-state index is 0.251. The summed E-state index contributed by atoms with van der Waals surface area (Å²) in [5.74, 6) is 0. The standard InChI is InChI=1S/C18H29Cl2N/c1-3-4-5-6-7-8-9-10-13-21-15(2)17-14-16(19)11-12-18(17)20/h11-12,14-15,21H,3-10,13H2,1-2H3. The van der Waals surface area contributed by atoms with Crippen molar-refractivity contribution >= 4 is 23.2 Å². The number of hydrogen-bond donors (Lipinski definition) is 1. The van der Waals surface area contributed by atoms with Crippen molar-refractivity contribution in [2.24, 2.45) is 0 Å². The van der Waals surface area contributed by atoms with Crippen molar-refractivity contribution in [3.05, 3.63) is 33.8 Å². The molecule has 0 aromatic heterocycles. The monoisotopic (exact) mass is 329 g/mol. The van der Waals surface area contributed by atoms with Crippen molar-refractivity contribution < 1.29 is 0 Å². The summed E-state index contributed by atoms with van der Waals surface area (Å²) in [5.41, 5.74) is 1.09. The molecule has 1 atom stereocenters. The zero-order valence-corrected chi connectivity index (χ0v) is 14.9. The van der Waals surface area contributed by atoms with E-state index in [9.17, 15) is 0 Å². The summed E-state index contributed by atoms with van der Waals surface area (Å²) in [5, 5.41) is 5.07. The molecule has 0 heterocycles. The first-order valence-corrected chi connectivity index (χ1v) is 9.09. The molecule has 1 aromatic carbocycles. The molecule has 1 unspecified atom stereocenters. The molecule has 0 aliphatic carbocycles. The molecular formula is C18H29Cl2N. The van der Waals surface area contributed by atoms with Gasteiger partial charge in [0.1, 0.15) is 0 Å². The van der Waals surface area contributed by atoms with Crippen LogP contribution < -0.4 is 5.32 Å². The molecule has 1 N–H and O–H groups in total. The second-order valence-corrected chi connectivity index (χ2v) is 6.66. The fourth-order valence-electron chi connectivity index (χ4n) is 2.53. The van der Waals surface area contributed by atoms with Gasteiger partial charge in [0.25, 0.3) is 0 Å². The molecule has 0 bridgehead atoms. The molecule has 0 saturated carbocycles. The zero-order chi connectivity index (χ0) is 15.5. The topological polar surface area (TPSA) is 12.0 Å². The van der Waals surface area contributed by atoms with Crippen LogP contribution in [0.25, 0.3) is 0 Å². The Balaban J connectivity index is 2.11. The number of nitrogens with one attached hydrogen (secondary N) is 1. The molecule has 0 aliphatic rings. The van der Waals surface area contributed by atoms with Crippen LogP contribution in [-0.4, -0.2) is 6.54 Å². The van der Waals surface area contributed by atoms with Crippen LogP contribution in [0.2, 0.25) is 10.0 Å². The summed E-state index contributed by atoms with van der Waals surface area (Å²) >= 11 is 12.2. The Morgan fingerprint density at radius 2 is 1.57 bits per heavy atom. The van der Waals surface area contributed by atoms with Crippen LogP contribution in [0.3, 0.4) is 0 Å². The van der Waals surface area contributed by atoms with Crippen LogP contribution in [0.1, 0.15) is 76.8 Å². The van der Waals surface area contributed by atoms with E-state index in [1.807, 2.05) is 18.2 Å². The van der Waals surface area contributed by atoms with E-state index in [4.69, 9.17) is 23.2 Å². The van der Waals surface area contributed by atoms with Crippen molar-refractivity contribution in [1.82, 2.24) is 5.32 Å². The minimum Gasteiger partial charge on any atom is -0.310 e. The second kappa shape index (κ2) is 11.3. The maximum absolute atomic E-state index is 6.22. The average Bonchev–Trinajstić information content (AvgIpc) is 2.48. The van der Waals surface area contributed by atoms with Gasteiger partial charge in [-0.25, -0.2) is 0 Å². The van der Waals surface area contributed by atoms with E-state index in [0.717, 1.165) is 22.2 Å². The van der Waals surface area contributed by atoms with Crippen LogP contribution in [-0.2, 0) is 0 Å². The molecule has 1 nitrogen and oxygen atoms in total. The minimum absolute atomic E-state index is 0.251. The highest BCUT2D eigenvalue weighted by Gasteiger charge is 2.09. The predicted octanol–water partition coefficient (Wildman–Crippen LogP) is 6.78. The summed E-state index contributed by atoms with van der Waals surface area (Å²) in [6, 6.07) is 5.91. The van der Waals surface area contributed by atoms with E-state index < -0.39 is 0 Å². The molecule has 3 heteroatoms. The Hall–Kier alpha value is -0.240. The van der Waals surface area contributed by atoms with Crippen molar-refractivity contribution in [3.63, 3.8) is 0 Å². The van der Waals surface area contributed by atoms with Gasteiger partial charge >= 0.3 is 0 Å². The quantitative estimate of drug-likeness (QED) is 0.441. The van der Waals surface area contributed by atoms with E-state index in [1.165, 1.54) is 51.4 Å². The van der Waals surface area contributed by atoms with E-state index in [1.54, 1.807) is 0 Å². The summed E-state index contributed by atoms with van der Waals surface area (Å²) in [6.45, 7) is 5.44. The normalized spacial score (nSPS) is 12.6. The highest BCUT2D eigenvalue weighted by molar-refractivity contribution is 6.33. The van der Waals surface area contributed by atoms with Gasteiger partial charge in [-0.15, -0.1) is 0 Å². The summed E-state index contributed by atoms with van der Waals surface area (Å²) in [4.78, 5) is 0. The highest BCUT2D eigenvalue weighted by Crippen LogP contribution is 2.26. The van der Waals surface area contributed by atoms with E-state index in [-0.39, 0.29) is 6.04 Å². The first-order chi connectivity index (χ1) is 10.1. The lowest BCUT2D eigenvalue weighted by molar-refractivity contribution is 0.521. The molecule has 0 amide bonds. The Morgan fingerprint density at radius 1 is 0.952 bits per heavy atom. The second-order valence-electron chi connectivity index (χ2n) is 5.82. The fraction of sp³-hybridized carbons (Fsp3) is 0.667. The lowest BCUT2D eigenvalue weighted by Crippen LogP contribution is -2.20. The molecule has 0 fully saturated rings. The summed E-state index contributed by atoms with van der Waals surface area (Å²) in [6.07, 6.45) is 10.8. The molecule has 1 rings (SSSR count). The van der Waals surface area contributed by atoms with Gasteiger partial charge in [0.05, 0.1) is 0 Å². The van der Waals surface area contributed by atoms with Crippen LogP contribution in [0.15, 0.2) is 18.2 Å². The van der Waals surface area contributed by atoms with E-state index >= 15 is 0 Å². The number of hydrogen-bond acceptors (Lipinski definition) is 1. The average molecular weight is 330 g/mol. The number of benzene rings is 1. The highest BCUT2D eigenvalue weighted by atomic mass is 35.5. The maximum Gasteiger partial charge on any atom is 0.0454 e.